The van der Waals surface area contributed by atoms with E-state index < -0.39 is 12.7 Å². The Labute approximate surface area is 146 Å². The number of halogens is 5. The van der Waals surface area contributed by atoms with E-state index in [2.05, 4.69) is 5.32 Å². The molecule has 0 aromatic rings. The molecule has 0 radical (unpaired) electrons. The standard InChI is InChI=1S/C14H22F3N3O.2ClH/c15-14(16,17)10-19-5-7-20(8-6-19)12(21)11-9-13(11)1-3-18-4-2-13;;/h11,18H,1-10H2;2*1H. The minimum absolute atomic E-state index is 0. The number of nitrogens with zero attached hydrogens (tertiary/aromatic N) is 2. The minimum atomic E-state index is -4.15. The van der Waals surface area contributed by atoms with Gasteiger partial charge in [0.05, 0.1) is 6.54 Å². The molecule has 1 unspecified atom stereocenters. The van der Waals surface area contributed by atoms with Gasteiger partial charge in [0.2, 0.25) is 5.91 Å². The van der Waals surface area contributed by atoms with Crippen molar-refractivity contribution in [2.45, 2.75) is 25.4 Å². The molecule has 136 valence electrons. The van der Waals surface area contributed by atoms with E-state index in [0.29, 0.717) is 26.2 Å². The molecule has 1 spiro atoms. The van der Waals surface area contributed by atoms with Gasteiger partial charge in [-0.05, 0) is 37.8 Å². The van der Waals surface area contributed by atoms with E-state index in [1.165, 1.54) is 4.90 Å². The van der Waals surface area contributed by atoms with Crippen molar-refractivity contribution in [2.24, 2.45) is 11.3 Å². The molecule has 23 heavy (non-hydrogen) atoms. The molecule has 3 rings (SSSR count). The van der Waals surface area contributed by atoms with Crippen LogP contribution in [0.1, 0.15) is 19.3 Å². The van der Waals surface area contributed by atoms with E-state index >= 15 is 0 Å². The third-order valence-electron chi connectivity index (χ3n) is 5.17. The predicted molar refractivity (Wildman–Crippen MR) is 86.2 cm³/mol. The van der Waals surface area contributed by atoms with Crippen LogP contribution in [0.5, 0.6) is 0 Å². The van der Waals surface area contributed by atoms with E-state index in [0.717, 1.165) is 32.4 Å². The summed E-state index contributed by atoms with van der Waals surface area (Å²) in [5.41, 5.74) is 0.200. The van der Waals surface area contributed by atoms with E-state index in [4.69, 9.17) is 0 Å². The SMILES string of the molecule is Cl.Cl.O=C(C1CC12CCNCC2)N1CCN(CC(F)(F)F)CC1. The van der Waals surface area contributed by atoms with Crippen molar-refractivity contribution in [2.75, 3.05) is 45.8 Å². The fourth-order valence-corrected chi connectivity index (χ4v) is 3.77. The maximum atomic E-state index is 12.5. The van der Waals surface area contributed by atoms with Crippen LogP contribution >= 0.6 is 24.8 Å². The number of hydrogen-bond donors (Lipinski definition) is 1. The Morgan fingerprint density at radius 1 is 1.09 bits per heavy atom. The molecule has 0 aromatic heterocycles. The Hall–Kier alpha value is -0.240. The number of carbonyl (C=O) groups is 1. The minimum Gasteiger partial charge on any atom is -0.340 e. The number of amides is 1. The van der Waals surface area contributed by atoms with Crippen LogP contribution in [0.15, 0.2) is 0 Å². The predicted octanol–water partition coefficient (Wildman–Crippen LogP) is 1.93. The van der Waals surface area contributed by atoms with Crippen molar-refractivity contribution in [1.29, 1.82) is 0 Å². The van der Waals surface area contributed by atoms with Gasteiger partial charge in [-0.2, -0.15) is 13.2 Å². The molecule has 1 N–H and O–H groups in total. The van der Waals surface area contributed by atoms with Gasteiger partial charge in [0.1, 0.15) is 0 Å². The first kappa shape index (κ1) is 20.8. The molecule has 0 bridgehead atoms. The van der Waals surface area contributed by atoms with E-state index in [1.54, 1.807) is 4.90 Å². The lowest BCUT2D eigenvalue weighted by Crippen LogP contribution is -2.51. The third kappa shape index (κ3) is 4.87. The smallest absolute Gasteiger partial charge is 0.340 e. The number of hydrogen-bond acceptors (Lipinski definition) is 3. The quantitative estimate of drug-likeness (QED) is 0.798. The van der Waals surface area contributed by atoms with Crippen LogP contribution in [-0.4, -0.2) is 67.7 Å². The topological polar surface area (TPSA) is 35.6 Å². The molecule has 1 saturated carbocycles. The Balaban J connectivity index is 0.00000132. The lowest BCUT2D eigenvalue weighted by atomic mass is 9.91. The van der Waals surface area contributed by atoms with Gasteiger partial charge in [0.15, 0.2) is 0 Å². The lowest BCUT2D eigenvalue weighted by molar-refractivity contribution is -0.152. The first-order valence-electron chi connectivity index (χ1n) is 7.68. The highest BCUT2D eigenvalue weighted by molar-refractivity contribution is 5.85. The zero-order chi connectivity index (χ0) is 15.1. The zero-order valence-electron chi connectivity index (χ0n) is 12.9. The van der Waals surface area contributed by atoms with Crippen LogP contribution in [0.2, 0.25) is 0 Å². The van der Waals surface area contributed by atoms with Gasteiger partial charge in [-0.1, -0.05) is 0 Å². The van der Waals surface area contributed by atoms with E-state index in [-0.39, 0.29) is 42.1 Å². The van der Waals surface area contributed by atoms with Crippen molar-refractivity contribution in [3.63, 3.8) is 0 Å². The van der Waals surface area contributed by atoms with E-state index in [1.807, 2.05) is 0 Å². The van der Waals surface area contributed by atoms with Gasteiger partial charge in [-0.15, -0.1) is 24.8 Å². The molecule has 3 fully saturated rings. The average Bonchev–Trinajstić information content (AvgIpc) is 3.11. The van der Waals surface area contributed by atoms with Crippen molar-refractivity contribution in [3.05, 3.63) is 0 Å². The fourth-order valence-electron chi connectivity index (χ4n) is 3.77. The molecule has 2 aliphatic heterocycles. The Kier molecular flexibility index (Phi) is 7.02. The molecule has 4 nitrogen and oxygen atoms in total. The number of nitrogens with one attached hydrogen (secondary N) is 1. The van der Waals surface area contributed by atoms with Crippen molar-refractivity contribution >= 4 is 30.7 Å². The monoisotopic (exact) mass is 377 g/mol. The van der Waals surface area contributed by atoms with Gasteiger partial charge in [0, 0.05) is 32.1 Å². The molecule has 1 amide bonds. The lowest BCUT2D eigenvalue weighted by Gasteiger charge is -2.35. The molecule has 1 atom stereocenters. The maximum absolute atomic E-state index is 12.5. The Bertz CT molecular complexity index is 409. The van der Waals surface area contributed by atoms with Gasteiger partial charge in [-0.25, -0.2) is 0 Å². The molecule has 9 heteroatoms. The molecular weight excluding hydrogens is 354 g/mol. The number of rotatable bonds is 2. The second kappa shape index (κ2) is 7.76. The van der Waals surface area contributed by atoms with Crippen molar-refractivity contribution in [1.82, 2.24) is 15.1 Å². The van der Waals surface area contributed by atoms with E-state index in [9.17, 15) is 18.0 Å². The summed E-state index contributed by atoms with van der Waals surface area (Å²) < 4.78 is 37.0. The summed E-state index contributed by atoms with van der Waals surface area (Å²) in [6.07, 6.45) is -1.08. The number of alkyl halides is 3. The highest BCUT2D eigenvalue weighted by Gasteiger charge is 2.58. The maximum Gasteiger partial charge on any atom is 0.401 e. The van der Waals surface area contributed by atoms with Crippen LogP contribution in [0.25, 0.3) is 0 Å². The number of carbonyl (C=O) groups excluding carboxylic acids is 1. The highest BCUT2D eigenvalue weighted by atomic mass is 35.5. The van der Waals surface area contributed by atoms with Crippen LogP contribution < -0.4 is 5.32 Å². The molecule has 2 heterocycles. The van der Waals surface area contributed by atoms with Gasteiger partial charge in [-0.3, -0.25) is 9.69 Å². The highest BCUT2D eigenvalue weighted by Crippen LogP contribution is 2.59. The molecule has 0 aromatic carbocycles. The zero-order valence-corrected chi connectivity index (χ0v) is 14.5. The number of piperidine rings is 1. The van der Waals surface area contributed by atoms with Gasteiger partial charge >= 0.3 is 6.18 Å². The first-order chi connectivity index (χ1) is 9.90. The summed E-state index contributed by atoms with van der Waals surface area (Å²) in [5.74, 6) is 0.289. The largest absolute Gasteiger partial charge is 0.401 e. The fraction of sp³-hybridized carbons (Fsp3) is 0.929. The average molecular weight is 378 g/mol. The normalized spacial score (nSPS) is 27.1. The van der Waals surface area contributed by atoms with Gasteiger partial charge < -0.3 is 10.2 Å². The number of piperazine rings is 1. The summed E-state index contributed by atoms with van der Waals surface area (Å²) in [6, 6.07) is 0. The van der Waals surface area contributed by atoms with Crippen LogP contribution in [0.4, 0.5) is 13.2 Å². The molecule has 3 aliphatic rings. The summed E-state index contributed by atoms with van der Waals surface area (Å²) in [7, 11) is 0. The first-order valence-corrected chi connectivity index (χ1v) is 7.68. The molecular formula is C14H24Cl2F3N3O. The molecule has 2 saturated heterocycles. The summed E-state index contributed by atoms with van der Waals surface area (Å²) in [4.78, 5) is 15.6. The summed E-state index contributed by atoms with van der Waals surface area (Å²) in [5, 5.41) is 3.31. The third-order valence-corrected chi connectivity index (χ3v) is 5.17. The van der Waals surface area contributed by atoms with Crippen LogP contribution in [0.3, 0.4) is 0 Å². The Morgan fingerprint density at radius 3 is 2.17 bits per heavy atom. The second-order valence-corrected chi connectivity index (χ2v) is 6.59. The van der Waals surface area contributed by atoms with Crippen LogP contribution in [-0.2, 0) is 4.79 Å². The molecule has 1 aliphatic carbocycles. The van der Waals surface area contributed by atoms with Gasteiger partial charge in [0.25, 0.3) is 0 Å². The Morgan fingerprint density at radius 2 is 1.65 bits per heavy atom. The van der Waals surface area contributed by atoms with Crippen molar-refractivity contribution < 1.29 is 18.0 Å². The van der Waals surface area contributed by atoms with Crippen LogP contribution in [0, 0.1) is 11.3 Å². The second-order valence-electron chi connectivity index (χ2n) is 6.59. The summed E-state index contributed by atoms with van der Waals surface area (Å²) >= 11 is 0. The van der Waals surface area contributed by atoms with Crippen molar-refractivity contribution in [3.8, 4) is 0 Å². The summed E-state index contributed by atoms with van der Waals surface area (Å²) in [6.45, 7) is 2.60.